The minimum Gasteiger partial charge on any atom is -0.371 e. The summed E-state index contributed by atoms with van der Waals surface area (Å²) in [6.07, 6.45) is 0.258. The van der Waals surface area contributed by atoms with Gasteiger partial charge in [-0.1, -0.05) is 30.3 Å². The number of ether oxygens (including phenoxy) is 1. The largest absolute Gasteiger partial charge is 0.371 e. The van der Waals surface area contributed by atoms with Crippen LogP contribution in [0.25, 0.3) is 0 Å². The molecule has 2 heterocycles. The monoisotopic (exact) mass is 295 g/mol. The number of thioether (sulfide) groups is 2. The fourth-order valence-corrected chi connectivity index (χ4v) is 5.31. The van der Waals surface area contributed by atoms with Gasteiger partial charge in [0.05, 0.1) is 12.7 Å². The molecule has 0 aliphatic carbocycles. The molecule has 19 heavy (non-hydrogen) atoms. The Bertz CT molecular complexity index is 379. The van der Waals surface area contributed by atoms with Crippen LogP contribution in [0.2, 0.25) is 0 Å². The van der Waals surface area contributed by atoms with Crippen LogP contribution in [0.5, 0.6) is 0 Å². The molecule has 0 spiro atoms. The fraction of sp³-hybridized carbons (Fsp3) is 0.600. The van der Waals surface area contributed by atoms with E-state index in [9.17, 15) is 0 Å². The van der Waals surface area contributed by atoms with Gasteiger partial charge in [-0.25, -0.2) is 0 Å². The molecule has 1 aromatic rings. The minimum atomic E-state index is 0.258. The maximum absolute atomic E-state index is 5.96. The van der Waals surface area contributed by atoms with Crippen LogP contribution in [0.1, 0.15) is 11.7 Å². The van der Waals surface area contributed by atoms with Crippen molar-refractivity contribution in [1.29, 1.82) is 0 Å². The quantitative estimate of drug-likeness (QED) is 0.831. The normalized spacial score (nSPS) is 27.1. The van der Waals surface area contributed by atoms with Crippen molar-refractivity contribution in [1.82, 2.24) is 4.90 Å². The highest BCUT2D eigenvalue weighted by molar-refractivity contribution is 8.03. The zero-order valence-corrected chi connectivity index (χ0v) is 12.8. The summed E-state index contributed by atoms with van der Waals surface area (Å²) in [5, 5.41) is 0. The molecule has 0 amide bonds. The number of benzene rings is 1. The van der Waals surface area contributed by atoms with Crippen molar-refractivity contribution < 1.29 is 4.74 Å². The highest BCUT2D eigenvalue weighted by Gasteiger charge is 2.27. The van der Waals surface area contributed by atoms with Crippen LogP contribution >= 0.6 is 23.5 Å². The lowest BCUT2D eigenvalue weighted by molar-refractivity contribution is -0.0389. The molecule has 3 rings (SSSR count). The summed E-state index contributed by atoms with van der Waals surface area (Å²) in [5.41, 5.74) is 1.32. The Morgan fingerprint density at radius 2 is 1.79 bits per heavy atom. The summed E-state index contributed by atoms with van der Waals surface area (Å²) in [5.74, 6) is 5.20. The van der Waals surface area contributed by atoms with Crippen LogP contribution in [-0.4, -0.2) is 53.6 Å². The van der Waals surface area contributed by atoms with Gasteiger partial charge in [0.1, 0.15) is 0 Å². The predicted molar refractivity (Wildman–Crippen MR) is 85.1 cm³/mol. The van der Waals surface area contributed by atoms with Crippen molar-refractivity contribution in [2.75, 3.05) is 42.7 Å². The van der Waals surface area contributed by atoms with E-state index in [2.05, 4.69) is 58.8 Å². The molecule has 2 nitrogen and oxygen atoms in total. The van der Waals surface area contributed by atoms with Gasteiger partial charge < -0.3 is 4.74 Å². The van der Waals surface area contributed by atoms with Crippen molar-refractivity contribution in [2.24, 2.45) is 0 Å². The Kier molecular flexibility index (Phi) is 5.10. The Hall–Kier alpha value is -0.160. The van der Waals surface area contributed by atoms with Gasteiger partial charge in [-0.15, -0.1) is 0 Å². The number of hydrogen-bond donors (Lipinski definition) is 0. The van der Waals surface area contributed by atoms with Gasteiger partial charge in [0.2, 0.25) is 0 Å². The molecule has 4 heteroatoms. The molecule has 2 aliphatic heterocycles. The van der Waals surface area contributed by atoms with Crippen molar-refractivity contribution >= 4 is 23.5 Å². The van der Waals surface area contributed by atoms with Crippen molar-refractivity contribution in [3.05, 3.63) is 35.9 Å². The molecule has 0 radical (unpaired) electrons. The fourth-order valence-electron chi connectivity index (χ4n) is 2.69. The molecule has 0 bridgehead atoms. The second-order valence-electron chi connectivity index (χ2n) is 5.07. The average molecular weight is 295 g/mol. The van der Waals surface area contributed by atoms with Crippen LogP contribution in [0.3, 0.4) is 0 Å². The van der Waals surface area contributed by atoms with Crippen molar-refractivity contribution in [3.63, 3.8) is 0 Å². The third-order valence-corrected chi connectivity index (χ3v) is 6.26. The van der Waals surface area contributed by atoms with E-state index in [1.165, 1.54) is 28.6 Å². The highest BCUT2D eigenvalue weighted by Crippen LogP contribution is 2.27. The van der Waals surface area contributed by atoms with E-state index < -0.39 is 0 Å². The summed E-state index contributed by atoms with van der Waals surface area (Å²) >= 11 is 4.22. The molecule has 1 aromatic carbocycles. The molecule has 2 fully saturated rings. The molecule has 2 saturated heterocycles. The Morgan fingerprint density at radius 1 is 1.05 bits per heavy atom. The molecular formula is C15H21NOS2. The van der Waals surface area contributed by atoms with Gasteiger partial charge in [-0.3, -0.25) is 4.90 Å². The molecule has 1 unspecified atom stereocenters. The van der Waals surface area contributed by atoms with Crippen LogP contribution in [-0.2, 0) is 4.74 Å². The third-order valence-electron chi connectivity index (χ3n) is 3.78. The van der Waals surface area contributed by atoms with Crippen LogP contribution in [0.4, 0.5) is 0 Å². The Morgan fingerprint density at radius 3 is 2.53 bits per heavy atom. The molecular weight excluding hydrogens is 274 g/mol. The first kappa shape index (κ1) is 13.8. The number of nitrogens with zero attached hydrogens (tertiary/aromatic N) is 1. The SMILES string of the molecule is c1ccc(C2CN(C3CSCCSC3)CCO2)cc1. The second kappa shape index (κ2) is 7.02. The molecule has 0 N–H and O–H groups in total. The van der Waals surface area contributed by atoms with E-state index in [1.807, 2.05) is 0 Å². The van der Waals surface area contributed by atoms with E-state index in [-0.39, 0.29) is 6.10 Å². The first-order valence-corrected chi connectivity index (χ1v) is 9.30. The van der Waals surface area contributed by atoms with Crippen molar-refractivity contribution in [2.45, 2.75) is 12.1 Å². The summed E-state index contributed by atoms with van der Waals surface area (Å²) in [6.45, 7) is 3.01. The van der Waals surface area contributed by atoms with E-state index in [1.54, 1.807) is 0 Å². The molecule has 0 saturated carbocycles. The summed E-state index contributed by atoms with van der Waals surface area (Å²) < 4.78 is 5.96. The molecule has 1 atom stereocenters. The number of morpholine rings is 1. The molecule has 104 valence electrons. The van der Waals surface area contributed by atoms with Gasteiger partial charge >= 0.3 is 0 Å². The number of rotatable bonds is 2. The van der Waals surface area contributed by atoms with Gasteiger partial charge in [-0.05, 0) is 5.56 Å². The smallest absolute Gasteiger partial charge is 0.0952 e. The van der Waals surface area contributed by atoms with Crippen LogP contribution in [0, 0.1) is 0 Å². The van der Waals surface area contributed by atoms with Gasteiger partial charge in [0.15, 0.2) is 0 Å². The van der Waals surface area contributed by atoms with E-state index in [0.717, 1.165) is 25.7 Å². The van der Waals surface area contributed by atoms with E-state index in [0.29, 0.717) is 0 Å². The zero-order chi connectivity index (χ0) is 12.9. The zero-order valence-electron chi connectivity index (χ0n) is 11.2. The standard InChI is InChI=1S/C15H21NOS2/c1-2-4-13(5-3-1)15-10-16(6-7-17-15)14-11-18-8-9-19-12-14/h1-5,14-15H,6-12H2. The number of hydrogen-bond acceptors (Lipinski definition) is 4. The molecule has 2 aliphatic rings. The first-order chi connectivity index (χ1) is 9.43. The van der Waals surface area contributed by atoms with E-state index in [4.69, 9.17) is 4.74 Å². The predicted octanol–water partition coefficient (Wildman–Crippen LogP) is 2.91. The lowest BCUT2D eigenvalue weighted by atomic mass is 10.1. The summed E-state index contributed by atoms with van der Waals surface area (Å²) in [6, 6.07) is 11.4. The lowest BCUT2D eigenvalue weighted by Gasteiger charge is -2.37. The Balaban J connectivity index is 1.64. The highest BCUT2D eigenvalue weighted by atomic mass is 32.2. The lowest BCUT2D eigenvalue weighted by Crippen LogP contribution is -2.46. The third kappa shape index (κ3) is 3.69. The second-order valence-corrected chi connectivity index (χ2v) is 7.37. The summed E-state index contributed by atoms with van der Waals surface area (Å²) in [4.78, 5) is 2.65. The van der Waals surface area contributed by atoms with Gasteiger partial charge in [0, 0.05) is 42.1 Å². The van der Waals surface area contributed by atoms with Gasteiger partial charge in [-0.2, -0.15) is 23.5 Å². The van der Waals surface area contributed by atoms with Crippen LogP contribution < -0.4 is 0 Å². The topological polar surface area (TPSA) is 12.5 Å². The minimum absolute atomic E-state index is 0.258. The maximum atomic E-state index is 5.96. The van der Waals surface area contributed by atoms with E-state index >= 15 is 0 Å². The maximum Gasteiger partial charge on any atom is 0.0952 e. The van der Waals surface area contributed by atoms with Gasteiger partial charge in [0.25, 0.3) is 0 Å². The first-order valence-electron chi connectivity index (χ1n) is 6.99. The Labute approximate surface area is 124 Å². The van der Waals surface area contributed by atoms with Crippen LogP contribution in [0.15, 0.2) is 30.3 Å². The molecule has 0 aromatic heterocycles. The summed E-state index contributed by atoms with van der Waals surface area (Å²) in [7, 11) is 0. The average Bonchev–Trinajstić information content (AvgIpc) is 2.77. The van der Waals surface area contributed by atoms with Crippen molar-refractivity contribution in [3.8, 4) is 0 Å².